The van der Waals surface area contributed by atoms with E-state index >= 15 is 0 Å². The van der Waals surface area contributed by atoms with E-state index < -0.39 is 0 Å². The van der Waals surface area contributed by atoms with Gasteiger partial charge in [0.1, 0.15) is 0 Å². The lowest BCUT2D eigenvalue weighted by atomic mass is 9.92. The van der Waals surface area contributed by atoms with Crippen molar-refractivity contribution in [1.82, 2.24) is 14.9 Å². The van der Waals surface area contributed by atoms with E-state index in [9.17, 15) is 4.79 Å². The van der Waals surface area contributed by atoms with Crippen LogP contribution in [0.2, 0.25) is 0 Å². The van der Waals surface area contributed by atoms with Crippen LogP contribution >= 0.6 is 0 Å². The lowest BCUT2D eigenvalue weighted by Crippen LogP contribution is -2.44. The van der Waals surface area contributed by atoms with Crippen molar-refractivity contribution in [2.45, 2.75) is 18.4 Å². The van der Waals surface area contributed by atoms with Crippen molar-refractivity contribution in [3.05, 3.63) is 12.4 Å². The zero-order valence-electron chi connectivity index (χ0n) is 7.79. The summed E-state index contributed by atoms with van der Waals surface area (Å²) in [7, 11) is 0. The van der Waals surface area contributed by atoms with Crippen LogP contribution in [0.1, 0.15) is 12.8 Å². The summed E-state index contributed by atoms with van der Waals surface area (Å²) in [4.78, 5) is 15.6. The van der Waals surface area contributed by atoms with Gasteiger partial charge in [-0.2, -0.15) is 0 Å². The van der Waals surface area contributed by atoms with Crippen LogP contribution in [-0.4, -0.2) is 28.5 Å². The second kappa shape index (κ2) is 2.57. The molecule has 0 saturated carbocycles. The van der Waals surface area contributed by atoms with E-state index in [0.717, 1.165) is 19.5 Å². The molecular weight excluding hydrogens is 180 g/mol. The molecule has 2 aliphatic heterocycles. The fourth-order valence-electron chi connectivity index (χ4n) is 2.42. The third kappa shape index (κ3) is 0.928. The monoisotopic (exact) mass is 192 g/mol. The van der Waals surface area contributed by atoms with Crippen LogP contribution in [0.4, 0.5) is 5.95 Å². The van der Waals surface area contributed by atoms with Crippen LogP contribution in [0.3, 0.4) is 0 Å². The van der Waals surface area contributed by atoms with Crippen molar-refractivity contribution < 1.29 is 4.79 Å². The average molecular weight is 192 g/mol. The molecule has 14 heavy (non-hydrogen) atoms. The van der Waals surface area contributed by atoms with Crippen molar-refractivity contribution in [2.75, 3.05) is 18.4 Å². The predicted molar refractivity (Wildman–Crippen MR) is 50.9 cm³/mol. The summed E-state index contributed by atoms with van der Waals surface area (Å²) >= 11 is 0. The summed E-state index contributed by atoms with van der Waals surface area (Å²) in [5.41, 5.74) is -0.0613. The van der Waals surface area contributed by atoms with E-state index in [2.05, 4.69) is 20.2 Å². The SMILES string of the molecule is O=C1CC2(CCNC2)n2ccnc2N1. The van der Waals surface area contributed by atoms with Crippen molar-refractivity contribution in [1.29, 1.82) is 0 Å². The summed E-state index contributed by atoms with van der Waals surface area (Å²) in [6, 6.07) is 0. The number of nitrogens with one attached hydrogen (secondary N) is 2. The van der Waals surface area contributed by atoms with Gasteiger partial charge in [0.2, 0.25) is 11.9 Å². The number of rotatable bonds is 0. The summed E-state index contributed by atoms with van der Waals surface area (Å²) in [5, 5.41) is 6.08. The molecule has 2 aliphatic rings. The van der Waals surface area contributed by atoms with E-state index in [0.29, 0.717) is 12.4 Å². The molecule has 2 N–H and O–H groups in total. The Hall–Kier alpha value is -1.36. The average Bonchev–Trinajstić information content (AvgIpc) is 2.73. The van der Waals surface area contributed by atoms with Gasteiger partial charge in [0.15, 0.2) is 0 Å². The zero-order valence-corrected chi connectivity index (χ0v) is 7.79. The first-order valence-corrected chi connectivity index (χ1v) is 4.85. The first-order chi connectivity index (χ1) is 6.80. The summed E-state index contributed by atoms with van der Waals surface area (Å²) in [6.45, 7) is 1.84. The molecule has 1 spiro atoms. The normalized spacial score (nSPS) is 30.4. The highest BCUT2D eigenvalue weighted by Gasteiger charge is 2.42. The molecule has 0 bridgehead atoms. The van der Waals surface area contributed by atoms with Gasteiger partial charge < -0.3 is 9.88 Å². The molecular formula is C9H12N4O. The maximum atomic E-state index is 11.5. The number of hydrogen-bond donors (Lipinski definition) is 2. The molecule has 1 aromatic heterocycles. The number of nitrogens with zero attached hydrogens (tertiary/aromatic N) is 2. The standard InChI is InChI=1S/C9H12N4O/c14-7-5-9(1-2-10-6-9)13-4-3-11-8(13)12-7/h3-4,10H,1-2,5-6H2,(H,11,12,14). The number of fused-ring (bicyclic) bond motifs is 2. The summed E-state index contributed by atoms with van der Waals surface area (Å²) in [6.07, 6.45) is 5.25. The number of carbonyl (C=O) groups excluding carboxylic acids is 1. The number of carbonyl (C=O) groups is 1. The second-order valence-electron chi connectivity index (χ2n) is 4.00. The Kier molecular flexibility index (Phi) is 1.47. The van der Waals surface area contributed by atoms with Crippen LogP contribution in [0.25, 0.3) is 0 Å². The Labute approximate surface area is 81.5 Å². The third-order valence-corrected chi connectivity index (χ3v) is 3.11. The number of aromatic nitrogens is 2. The van der Waals surface area contributed by atoms with E-state index in [1.807, 2.05) is 6.20 Å². The Bertz CT molecular complexity index is 378. The lowest BCUT2D eigenvalue weighted by Gasteiger charge is -2.34. The van der Waals surface area contributed by atoms with Crippen LogP contribution < -0.4 is 10.6 Å². The molecule has 1 fully saturated rings. The van der Waals surface area contributed by atoms with Gasteiger partial charge in [-0.15, -0.1) is 0 Å². The van der Waals surface area contributed by atoms with Gasteiger partial charge in [0.05, 0.1) is 12.0 Å². The molecule has 1 aromatic rings. The predicted octanol–water partition coefficient (Wildman–Crippen LogP) is -0.0861. The molecule has 0 radical (unpaired) electrons. The van der Waals surface area contributed by atoms with Gasteiger partial charge >= 0.3 is 0 Å². The van der Waals surface area contributed by atoms with Crippen molar-refractivity contribution in [3.8, 4) is 0 Å². The van der Waals surface area contributed by atoms with Gasteiger partial charge in [-0.3, -0.25) is 10.1 Å². The highest BCUT2D eigenvalue weighted by Crippen LogP contribution is 2.34. The highest BCUT2D eigenvalue weighted by atomic mass is 16.2. The largest absolute Gasteiger partial charge is 0.314 e. The molecule has 5 nitrogen and oxygen atoms in total. The van der Waals surface area contributed by atoms with E-state index in [1.165, 1.54) is 0 Å². The maximum absolute atomic E-state index is 11.5. The van der Waals surface area contributed by atoms with Crippen LogP contribution in [0.15, 0.2) is 12.4 Å². The number of hydrogen-bond acceptors (Lipinski definition) is 3. The van der Waals surface area contributed by atoms with Crippen LogP contribution in [-0.2, 0) is 10.3 Å². The topological polar surface area (TPSA) is 59.0 Å². The molecule has 1 unspecified atom stereocenters. The zero-order chi connectivity index (χ0) is 9.60. The Morgan fingerprint density at radius 1 is 1.57 bits per heavy atom. The number of amides is 1. The molecule has 3 rings (SSSR count). The smallest absolute Gasteiger partial charge is 0.229 e. The Morgan fingerprint density at radius 2 is 2.50 bits per heavy atom. The minimum Gasteiger partial charge on any atom is -0.314 e. The second-order valence-corrected chi connectivity index (χ2v) is 4.00. The molecule has 1 saturated heterocycles. The van der Waals surface area contributed by atoms with E-state index in [4.69, 9.17) is 0 Å². The number of anilines is 1. The van der Waals surface area contributed by atoms with Gasteiger partial charge in [-0.05, 0) is 13.0 Å². The van der Waals surface area contributed by atoms with Gasteiger partial charge in [0.25, 0.3) is 0 Å². The van der Waals surface area contributed by atoms with Crippen molar-refractivity contribution in [3.63, 3.8) is 0 Å². The third-order valence-electron chi connectivity index (χ3n) is 3.11. The molecule has 0 aromatic carbocycles. The van der Waals surface area contributed by atoms with Crippen LogP contribution in [0, 0.1) is 0 Å². The number of imidazole rings is 1. The fourth-order valence-corrected chi connectivity index (χ4v) is 2.42. The minimum atomic E-state index is -0.0613. The molecule has 1 amide bonds. The molecule has 3 heterocycles. The summed E-state index contributed by atoms with van der Waals surface area (Å²) in [5.74, 6) is 0.761. The first-order valence-electron chi connectivity index (χ1n) is 4.85. The Morgan fingerprint density at radius 3 is 3.29 bits per heavy atom. The molecule has 1 atom stereocenters. The fraction of sp³-hybridized carbons (Fsp3) is 0.556. The quantitative estimate of drug-likeness (QED) is 0.604. The molecule has 74 valence electrons. The van der Waals surface area contributed by atoms with Crippen molar-refractivity contribution >= 4 is 11.9 Å². The molecule has 5 heteroatoms. The Balaban J connectivity index is 2.11. The van der Waals surface area contributed by atoms with E-state index in [1.54, 1.807) is 6.20 Å². The van der Waals surface area contributed by atoms with E-state index in [-0.39, 0.29) is 11.4 Å². The van der Waals surface area contributed by atoms with Crippen LogP contribution in [0.5, 0.6) is 0 Å². The molecule has 0 aliphatic carbocycles. The van der Waals surface area contributed by atoms with Gasteiger partial charge in [-0.1, -0.05) is 0 Å². The maximum Gasteiger partial charge on any atom is 0.229 e. The summed E-state index contributed by atoms with van der Waals surface area (Å²) < 4.78 is 2.09. The lowest BCUT2D eigenvalue weighted by molar-refractivity contribution is -0.118. The van der Waals surface area contributed by atoms with Gasteiger partial charge in [0, 0.05) is 18.9 Å². The first kappa shape index (κ1) is 7.99. The highest BCUT2D eigenvalue weighted by molar-refractivity contribution is 5.91. The van der Waals surface area contributed by atoms with Crippen molar-refractivity contribution in [2.24, 2.45) is 0 Å². The van der Waals surface area contributed by atoms with Gasteiger partial charge in [-0.25, -0.2) is 4.98 Å². The minimum absolute atomic E-state index is 0.0613.